The molecule has 0 aromatic heterocycles. The Bertz CT molecular complexity index is 947. The fourth-order valence-corrected chi connectivity index (χ4v) is 8.52. The maximum absolute atomic E-state index is 12.8. The number of hydrogen-bond donors (Lipinski definition) is 0. The first kappa shape index (κ1) is 60.4. The third-order valence-electron chi connectivity index (χ3n) is 12.7. The van der Waals surface area contributed by atoms with Crippen molar-refractivity contribution in [1.29, 1.82) is 0 Å². The Kier molecular flexibility index (Phi) is 47.6. The van der Waals surface area contributed by atoms with Crippen LogP contribution in [0.3, 0.4) is 0 Å². The summed E-state index contributed by atoms with van der Waals surface area (Å²) < 4.78 is 16.8. The zero-order valence-electron chi connectivity index (χ0n) is 42.5. The van der Waals surface area contributed by atoms with E-state index in [4.69, 9.17) is 14.2 Å². The first-order chi connectivity index (χ1) is 30.2. The molecule has 62 heavy (non-hydrogen) atoms. The molecule has 0 spiro atoms. The maximum atomic E-state index is 12.8. The highest BCUT2D eigenvalue weighted by Gasteiger charge is 2.19. The summed E-state index contributed by atoms with van der Waals surface area (Å²) >= 11 is 0. The summed E-state index contributed by atoms with van der Waals surface area (Å²) in [6, 6.07) is 0. The lowest BCUT2D eigenvalue weighted by molar-refractivity contribution is -0.167. The molecule has 0 saturated heterocycles. The third-order valence-corrected chi connectivity index (χ3v) is 12.7. The Hall–Kier alpha value is -1.59. The SMILES string of the molecule is CCCCCCCCCCCCCC(=O)O[C@H](COC(=O)CCCCCCCCCCCCCCCCCCCCC(C)C)COC(=O)CCCCCCCCCCCC(C)C. The zero-order chi connectivity index (χ0) is 45.4. The van der Waals surface area contributed by atoms with Gasteiger partial charge < -0.3 is 14.2 Å². The number of ether oxygens (including phenoxy) is 3. The second-order valence-corrected chi connectivity index (χ2v) is 20.2. The van der Waals surface area contributed by atoms with E-state index in [0.717, 1.165) is 69.6 Å². The monoisotopic (exact) mass is 877 g/mol. The van der Waals surface area contributed by atoms with Gasteiger partial charge in [0.05, 0.1) is 0 Å². The molecule has 0 fully saturated rings. The minimum Gasteiger partial charge on any atom is -0.462 e. The van der Waals surface area contributed by atoms with Crippen LogP contribution in [0.1, 0.15) is 311 Å². The number of esters is 3. The summed E-state index contributed by atoms with van der Waals surface area (Å²) in [7, 11) is 0. The van der Waals surface area contributed by atoms with Crippen molar-refractivity contribution in [3.8, 4) is 0 Å². The molecule has 0 aliphatic carbocycles. The minimum atomic E-state index is -0.761. The molecule has 0 amide bonds. The molecule has 0 aromatic rings. The quantitative estimate of drug-likeness (QED) is 0.0344. The van der Waals surface area contributed by atoms with Crippen LogP contribution >= 0.6 is 0 Å². The minimum absolute atomic E-state index is 0.0632. The van der Waals surface area contributed by atoms with Crippen LogP contribution in [0.15, 0.2) is 0 Å². The topological polar surface area (TPSA) is 78.9 Å². The summed E-state index contributed by atoms with van der Waals surface area (Å²) in [4.78, 5) is 38.0. The van der Waals surface area contributed by atoms with Gasteiger partial charge in [0.1, 0.15) is 13.2 Å². The van der Waals surface area contributed by atoms with E-state index < -0.39 is 6.10 Å². The molecule has 0 saturated carbocycles. The van der Waals surface area contributed by atoms with Gasteiger partial charge in [-0.2, -0.15) is 0 Å². The van der Waals surface area contributed by atoms with Gasteiger partial charge in [0, 0.05) is 19.3 Å². The zero-order valence-corrected chi connectivity index (χ0v) is 42.5. The summed E-state index contributed by atoms with van der Waals surface area (Å²) in [6.45, 7) is 11.4. The number of carbonyl (C=O) groups is 3. The lowest BCUT2D eigenvalue weighted by Crippen LogP contribution is -2.30. The normalized spacial score (nSPS) is 12.0. The molecular weight excluding hydrogens is 769 g/mol. The molecule has 0 bridgehead atoms. The molecule has 0 radical (unpaired) electrons. The molecule has 1 atom stereocenters. The van der Waals surface area contributed by atoms with Crippen LogP contribution < -0.4 is 0 Å². The second-order valence-electron chi connectivity index (χ2n) is 20.2. The molecule has 368 valence electrons. The van der Waals surface area contributed by atoms with Gasteiger partial charge in [-0.25, -0.2) is 0 Å². The molecule has 6 nitrogen and oxygen atoms in total. The number of unbranched alkanes of at least 4 members (excludes halogenated alkanes) is 35. The van der Waals surface area contributed by atoms with E-state index >= 15 is 0 Å². The fourth-order valence-electron chi connectivity index (χ4n) is 8.52. The van der Waals surface area contributed by atoms with Crippen molar-refractivity contribution in [2.24, 2.45) is 11.8 Å². The van der Waals surface area contributed by atoms with Crippen molar-refractivity contribution in [3.63, 3.8) is 0 Å². The van der Waals surface area contributed by atoms with Crippen LogP contribution in [0.25, 0.3) is 0 Å². The van der Waals surface area contributed by atoms with Gasteiger partial charge in [-0.05, 0) is 31.1 Å². The van der Waals surface area contributed by atoms with Crippen LogP contribution in [0.4, 0.5) is 0 Å². The van der Waals surface area contributed by atoms with E-state index in [1.807, 2.05) is 0 Å². The van der Waals surface area contributed by atoms with Crippen LogP contribution in [0.2, 0.25) is 0 Å². The van der Waals surface area contributed by atoms with E-state index in [1.54, 1.807) is 0 Å². The summed E-state index contributed by atoms with van der Waals surface area (Å²) in [5, 5.41) is 0. The number of rotatable bonds is 50. The first-order valence-electron chi connectivity index (χ1n) is 27.7. The molecule has 0 N–H and O–H groups in total. The largest absolute Gasteiger partial charge is 0.462 e. The molecule has 0 aliphatic rings. The first-order valence-corrected chi connectivity index (χ1v) is 27.7. The third kappa shape index (κ3) is 49.4. The molecule has 0 aromatic carbocycles. The smallest absolute Gasteiger partial charge is 0.306 e. The highest BCUT2D eigenvalue weighted by Crippen LogP contribution is 2.18. The molecule has 6 heteroatoms. The second kappa shape index (κ2) is 48.9. The van der Waals surface area contributed by atoms with Crippen molar-refractivity contribution in [2.75, 3.05) is 13.2 Å². The van der Waals surface area contributed by atoms with Crippen LogP contribution in [-0.2, 0) is 28.6 Å². The molecule has 0 heterocycles. The Morgan fingerprint density at radius 3 is 0.790 bits per heavy atom. The van der Waals surface area contributed by atoms with Gasteiger partial charge in [-0.1, -0.05) is 272 Å². The van der Waals surface area contributed by atoms with E-state index in [2.05, 4.69) is 34.6 Å². The van der Waals surface area contributed by atoms with Crippen molar-refractivity contribution in [2.45, 2.75) is 317 Å². The molecular formula is C56H108O6. The lowest BCUT2D eigenvalue weighted by Gasteiger charge is -2.18. The Labute approximate surface area is 387 Å². The van der Waals surface area contributed by atoms with E-state index in [9.17, 15) is 14.4 Å². The number of carbonyl (C=O) groups excluding carboxylic acids is 3. The van der Waals surface area contributed by atoms with Crippen molar-refractivity contribution in [1.82, 2.24) is 0 Å². The summed E-state index contributed by atoms with van der Waals surface area (Å²) in [5.41, 5.74) is 0. The van der Waals surface area contributed by atoms with E-state index in [-0.39, 0.29) is 31.1 Å². The van der Waals surface area contributed by atoms with Crippen molar-refractivity contribution < 1.29 is 28.6 Å². The molecule has 0 unspecified atom stereocenters. The van der Waals surface area contributed by atoms with Crippen LogP contribution in [0, 0.1) is 11.8 Å². The van der Waals surface area contributed by atoms with Crippen LogP contribution in [0.5, 0.6) is 0 Å². The van der Waals surface area contributed by atoms with Gasteiger partial charge >= 0.3 is 17.9 Å². The van der Waals surface area contributed by atoms with Gasteiger partial charge in [0.15, 0.2) is 6.10 Å². The predicted octanol–water partition coefficient (Wildman–Crippen LogP) is 18.1. The van der Waals surface area contributed by atoms with Crippen molar-refractivity contribution >= 4 is 17.9 Å². The fraction of sp³-hybridized carbons (Fsp3) is 0.946. The van der Waals surface area contributed by atoms with Crippen LogP contribution in [-0.4, -0.2) is 37.2 Å². The molecule has 0 rings (SSSR count). The standard InChI is InChI=1S/C56H108O6/c1-6-7-8-9-10-11-20-27-33-38-43-48-56(59)62-53(50-61-55(58)47-42-37-32-28-23-25-30-35-40-45-52(4)5)49-60-54(57)46-41-36-31-26-22-19-17-15-13-12-14-16-18-21-24-29-34-39-44-51(2)3/h51-53H,6-50H2,1-5H3/t53-/m1/s1. The predicted molar refractivity (Wildman–Crippen MR) is 266 cm³/mol. The number of hydrogen-bond acceptors (Lipinski definition) is 6. The average Bonchev–Trinajstić information content (AvgIpc) is 3.24. The maximum Gasteiger partial charge on any atom is 0.306 e. The van der Waals surface area contributed by atoms with Gasteiger partial charge in [0.25, 0.3) is 0 Å². The van der Waals surface area contributed by atoms with Gasteiger partial charge in [-0.15, -0.1) is 0 Å². The van der Waals surface area contributed by atoms with Crippen molar-refractivity contribution in [3.05, 3.63) is 0 Å². The Balaban J connectivity index is 4.20. The summed E-state index contributed by atoms with van der Waals surface area (Å²) in [5.74, 6) is 0.822. The highest BCUT2D eigenvalue weighted by atomic mass is 16.6. The van der Waals surface area contributed by atoms with Gasteiger partial charge in [-0.3, -0.25) is 14.4 Å². The molecule has 0 aliphatic heterocycles. The highest BCUT2D eigenvalue weighted by molar-refractivity contribution is 5.71. The van der Waals surface area contributed by atoms with E-state index in [1.165, 1.54) is 199 Å². The lowest BCUT2D eigenvalue weighted by atomic mass is 10.0. The summed E-state index contributed by atoms with van der Waals surface area (Å²) in [6.07, 6.45) is 51.0. The Morgan fingerprint density at radius 1 is 0.306 bits per heavy atom. The Morgan fingerprint density at radius 2 is 0.532 bits per heavy atom. The average molecular weight is 877 g/mol. The van der Waals surface area contributed by atoms with E-state index in [0.29, 0.717) is 19.3 Å². The van der Waals surface area contributed by atoms with Gasteiger partial charge in [0.2, 0.25) is 0 Å².